The number of methoxy groups -OCH3 is 1. The van der Waals surface area contributed by atoms with Gasteiger partial charge in [-0.15, -0.1) is 0 Å². The predicted octanol–water partition coefficient (Wildman–Crippen LogP) is 2.06. The molecule has 1 aliphatic rings. The first-order valence-electron chi connectivity index (χ1n) is 7.80. The molecule has 2 aromatic rings. The van der Waals surface area contributed by atoms with Crippen LogP contribution in [-0.2, 0) is 9.53 Å². The van der Waals surface area contributed by atoms with Crippen molar-refractivity contribution >= 4 is 11.9 Å². The molecule has 2 heterocycles. The molecule has 130 valence electrons. The molecule has 0 spiro atoms. The molecular weight excluding hydrogens is 327 g/mol. The van der Waals surface area contributed by atoms with Gasteiger partial charge >= 0.3 is 5.97 Å². The summed E-state index contributed by atoms with van der Waals surface area (Å²) in [4.78, 5) is 30.1. The first-order chi connectivity index (χ1) is 12.1. The number of hydrogen-bond acceptors (Lipinski definition) is 5. The van der Waals surface area contributed by atoms with Gasteiger partial charge in [0.25, 0.3) is 5.91 Å². The predicted molar refractivity (Wildman–Crippen MR) is 86.5 cm³/mol. The lowest BCUT2D eigenvalue weighted by molar-refractivity contribution is -0.145. The average Bonchev–Trinajstić information content (AvgIpc) is 3.07. The fraction of sp³-hybridized carbons (Fsp3) is 0.278. The van der Waals surface area contributed by atoms with Gasteiger partial charge in [-0.1, -0.05) is 12.1 Å². The van der Waals surface area contributed by atoms with Crippen molar-refractivity contribution in [1.29, 1.82) is 0 Å². The molecular formula is C18H17FN2O4. The van der Waals surface area contributed by atoms with Crippen molar-refractivity contribution < 1.29 is 23.5 Å². The van der Waals surface area contributed by atoms with Crippen LogP contribution in [0.3, 0.4) is 0 Å². The van der Waals surface area contributed by atoms with Crippen LogP contribution >= 0.6 is 0 Å². The molecule has 1 fully saturated rings. The molecule has 1 saturated heterocycles. The van der Waals surface area contributed by atoms with Gasteiger partial charge in [0.1, 0.15) is 12.1 Å². The molecule has 1 aliphatic heterocycles. The number of rotatable bonds is 4. The molecule has 2 atom stereocenters. The van der Waals surface area contributed by atoms with Gasteiger partial charge in [-0.05, 0) is 24.3 Å². The number of hydrogen-bond donors (Lipinski definition) is 0. The lowest BCUT2D eigenvalue weighted by atomic mass is 10.2. The van der Waals surface area contributed by atoms with Gasteiger partial charge in [-0.25, -0.2) is 9.18 Å². The van der Waals surface area contributed by atoms with Crippen molar-refractivity contribution in [3.63, 3.8) is 0 Å². The lowest BCUT2D eigenvalue weighted by Crippen LogP contribution is -2.41. The molecule has 1 amide bonds. The van der Waals surface area contributed by atoms with Crippen LogP contribution in [-0.4, -0.2) is 47.6 Å². The first kappa shape index (κ1) is 16.9. The normalized spacial score (nSPS) is 19.5. The summed E-state index contributed by atoms with van der Waals surface area (Å²) in [5.74, 6) is -1.28. The lowest BCUT2D eigenvalue weighted by Gasteiger charge is -2.22. The van der Waals surface area contributed by atoms with Gasteiger partial charge < -0.3 is 14.4 Å². The molecule has 0 saturated carbocycles. The highest BCUT2D eigenvalue weighted by Gasteiger charge is 2.42. The third-order valence-electron chi connectivity index (χ3n) is 4.04. The maximum atomic E-state index is 13.8. The van der Waals surface area contributed by atoms with Gasteiger partial charge in [0.2, 0.25) is 0 Å². The minimum Gasteiger partial charge on any atom is -0.485 e. The van der Waals surface area contributed by atoms with Crippen LogP contribution in [0.25, 0.3) is 0 Å². The van der Waals surface area contributed by atoms with Crippen LogP contribution in [0.5, 0.6) is 5.75 Å². The van der Waals surface area contributed by atoms with E-state index in [9.17, 15) is 14.0 Å². The summed E-state index contributed by atoms with van der Waals surface area (Å²) in [5, 5.41) is 0. The molecule has 2 unspecified atom stereocenters. The minimum atomic E-state index is -0.783. The summed E-state index contributed by atoms with van der Waals surface area (Å²) in [5.41, 5.74) is 0.364. The maximum Gasteiger partial charge on any atom is 0.328 e. The SMILES string of the molecule is COC(=O)C1CC(Oc2ccccc2F)CN1C(=O)c1cccnc1. The second-order valence-electron chi connectivity index (χ2n) is 5.64. The molecule has 7 heteroatoms. The number of carbonyl (C=O) groups is 2. The van der Waals surface area contributed by atoms with Crippen LogP contribution in [0.15, 0.2) is 48.8 Å². The highest BCUT2D eigenvalue weighted by Crippen LogP contribution is 2.26. The number of carbonyl (C=O) groups excluding carboxylic acids is 2. The highest BCUT2D eigenvalue weighted by atomic mass is 19.1. The topological polar surface area (TPSA) is 68.7 Å². The molecule has 1 aromatic carbocycles. The van der Waals surface area contributed by atoms with Gasteiger partial charge in [-0.3, -0.25) is 9.78 Å². The molecule has 0 bridgehead atoms. The van der Waals surface area contributed by atoms with Crippen molar-refractivity contribution in [2.24, 2.45) is 0 Å². The Bertz CT molecular complexity index is 769. The Balaban J connectivity index is 1.80. The number of aromatic nitrogens is 1. The Kier molecular flexibility index (Phi) is 4.92. The van der Waals surface area contributed by atoms with E-state index in [-0.39, 0.29) is 24.6 Å². The van der Waals surface area contributed by atoms with Crippen LogP contribution in [0.2, 0.25) is 0 Å². The van der Waals surface area contributed by atoms with E-state index in [4.69, 9.17) is 9.47 Å². The van der Waals surface area contributed by atoms with Crippen LogP contribution in [0.1, 0.15) is 16.8 Å². The molecule has 1 aromatic heterocycles. The number of pyridine rings is 1. The van der Waals surface area contributed by atoms with Crippen molar-refractivity contribution in [2.45, 2.75) is 18.6 Å². The fourth-order valence-electron chi connectivity index (χ4n) is 2.84. The second kappa shape index (κ2) is 7.29. The van der Waals surface area contributed by atoms with Gasteiger partial charge in [0, 0.05) is 18.8 Å². The standard InChI is InChI=1S/C18H17FN2O4/c1-24-18(23)15-9-13(25-16-7-3-2-6-14(16)19)11-21(15)17(22)12-5-4-8-20-10-12/h2-8,10,13,15H,9,11H2,1H3. The summed E-state index contributed by atoms with van der Waals surface area (Å²) in [7, 11) is 1.26. The maximum absolute atomic E-state index is 13.8. The molecule has 0 radical (unpaired) electrons. The van der Waals surface area contributed by atoms with Gasteiger partial charge in [-0.2, -0.15) is 0 Å². The summed E-state index contributed by atoms with van der Waals surface area (Å²) in [6.45, 7) is 0.155. The third-order valence-corrected chi connectivity index (χ3v) is 4.04. The molecule has 0 N–H and O–H groups in total. The van der Waals surface area contributed by atoms with Crippen molar-refractivity contribution in [3.8, 4) is 5.75 Å². The van der Waals surface area contributed by atoms with E-state index in [2.05, 4.69) is 4.98 Å². The number of ether oxygens (including phenoxy) is 2. The Morgan fingerprint density at radius 1 is 1.24 bits per heavy atom. The van der Waals surface area contributed by atoms with Crippen molar-refractivity contribution in [3.05, 3.63) is 60.2 Å². The van der Waals surface area contributed by atoms with Crippen LogP contribution in [0, 0.1) is 5.82 Å². The van der Waals surface area contributed by atoms with Crippen LogP contribution in [0.4, 0.5) is 4.39 Å². The molecule has 6 nitrogen and oxygen atoms in total. The molecule has 25 heavy (non-hydrogen) atoms. The summed E-state index contributed by atoms with van der Waals surface area (Å²) >= 11 is 0. The molecule has 0 aliphatic carbocycles. The zero-order valence-corrected chi connectivity index (χ0v) is 13.6. The number of esters is 1. The minimum absolute atomic E-state index is 0.0896. The average molecular weight is 344 g/mol. The monoisotopic (exact) mass is 344 g/mol. The van der Waals surface area contributed by atoms with E-state index >= 15 is 0 Å². The Morgan fingerprint density at radius 2 is 2.04 bits per heavy atom. The number of nitrogens with zero attached hydrogens (tertiary/aromatic N) is 2. The summed E-state index contributed by atoms with van der Waals surface area (Å²) in [6.07, 6.45) is 2.71. The zero-order valence-electron chi connectivity index (χ0n) is 13.6. The van der Waals surface area contributed by atoms with Crippen LogP contribution < -0.4 is 4.74 Å². The molecule has 3 rings (SSSR count). The van der Waals surface area contributed by atoms with E-state index in [1.165, 1.54) is 30.3 Å². The van der Waals surface area contributed by atoms with E-state index < -0.39 is 23.9 Å². The quantitative estimate of drug-likeness (QED) is 0.794. The number of likely N-dealkylation sites (tertiary alicyclic amines) is 1. The van der Waals surface area contributed by atoms with E-state index in [1.54, 1.807) is 30.5 Å². The third kappa shape index (κ3) is 3.60. The Hall–Kier alpha value is -2.96. The number of halogens is 1. The fourth-order valence-corrected chi connectivity index (χ4v) is 2.84. The smallest absolute Gasteiger partial charge is 0.328 e. The highest BCUT2D eigenvalue weighted by molar-refractivity contribution is 5.97. The van der Waals surface area contributed by atoms with Gasteiger partial charge in [0.05, 0.1) is 19.2 Å². The summed E-state index contributed by atoms with van der Waals surface area (Å²) in [6, 6.07) is 8.50. The van der Waals surface area contributed by atoms with E-state index in [1.807, 2.05) is 0 Å². The van der Waals surface area contributed by atoms with Crippen molar-refractivity contribution in [1.82, 2.24) is 9.88 Å². The zero-order chi connectivity index (χ0) is 17.8. The summed E-state index contributed by atoms with van der Waals surface area (Å²) < 4.78 is 24.2. The van der Waals surface area contributed by atoms with Gasteiger partial charge in [0.15, 0.2) is 11.6 Å². The Morgan fingerprint density at radius 3 is 2.72 bits per heavy atom. The van der Waals surface area contributed by atoms with E-state index in [0.29, 0.717) is 5.56 Å². The first-order valence-corrected chi connectivity index (χ1v) is 7.80. The van der Waals surface area contributed by atoms with Crippen molar-refractivity contribution in [2.75, 3.05) is 13.7 Å². The Labute approximate surface area is 144 Å². The second-order valence-corrected chi connectivity index (χ2v) is 5.64. The number of benzene rings is 1. The largest absolute Gasteiger partial charge is 0.485 e. The number of amides is 1. The number of para-hydroxylation sites is 1. The van der Waals surface area contributed by atoms with E-state index in [0.717, 1.165) is 0 Å².